The fourth-order valence-electron chi connectivity index (χ4n) is 3.80. The molecule has 10 heteroatoms. The smallest absolute Gasteiger partial charge is 0.243 e. The van der Waals surface area contributed by atoms with Gasteiger partial charge in [-0.3, -0.25) is 9.59 Å². The SMILES string of the molecule is CSc1cccc(NC(=O)C2CCN(S(=O)(=O)c3ccc4c(c3)NC(=O)C(C)S4)CC2)c1. The minimum absolute atomic E-state index is 0.0806. The number of nitrogens with zero attached hydrogens (tertiary/aromatic N) is 1. The zero-order valence-electron chi connectivity index (χ0n) is 17.8. The highest BCUT2D eigenvalue weighted by Gasteiger charge is 2.33. The van der Waals surface area contributed by atoms with Gasteiger partial charge in [-0.15, -0.1) is 23.5 Å². The van der Waals surface area contributed by atoms with E-state index in [1.54, 1.807) is 23.9 Å². The van der Waals surface area contributed by atoms with Crippen molar-refractivity contribution in [1.29, 1.82) is 0 Å². The highest BCUT2D eigenvalue weighted by atomic mass is 32.2. The number of nitrogens with one attached hydrogen (secondary N) is 2. The first-order chi connectivity index (χ1) is 15.3. The van der Waals surface area contributed by atoms with Gasteiger partial charge in [0, 0.05) is 34.5 Å². The molecule has 0 radical (unpaired) electrons. The molecule has 0 bridgehead atoms. The molecule has 4 rings (SSSR count). The predicted octanol–water partition coefficient (Wildman–Crippen LogP) is 3.88. The Morgan fingerprint density at radius 3 is 2.66 bits per heavy atom. The van der Waals surface area contributed by atoms with Crippen LogP contribution in [0.2, 0.25) is 0 Å². The third-order valence-electron chi connectivity index (χ3n) is 5.68. The minimum Gasteiger partial charge on any atom is -0.326 e. The van der Waals surface area contributed by atoms with Crippen LogP contribution in [0.5, 0.6) is 0 Å². The lowest BCUT2D eigenvalue weighted by molar-refractivity contribution is -0.121. The molecule has 2 amide bonds. The molecule has 2 aromatic rings. The Balaban J connectivity index is 1.40. The fraction of sp³-hybridized carbons (Fsp3) is 0.364. The van der Waals surface area contributed by atoms with E-state index in [1.807, 2.05) is 37.4 Å². The van der Waals surface area contributed by atoms with E-state index in [2.05, 4.69) is 10.6 Å². The minimum atomic E-state index is -3.71. The van der Waals surface area contributed by atoms with E-state index in [4.69, 9.17) is 0 Å². The number of piperidine rings is 1. The molecule has 0 aliphatic carbocycles. The van der Waals surface area contributed by atoms with Crippen molar-refractivity contribution in [2.75, 3.05) is 30.0 Å². The number of rotatable bonds is 5. The summed E-state index contributed by atoms with van der Waals surface area (Å²) < 4.78 is 27.7. The number of carbonyl (C=O) groups excluding carboxylic acids is 2. The number of anilines is 2. The molecule has 2 aliphatic rings. The molecule has 7 nitrogen and oxygen atoms in total. The van der Waals surface area contributed by atoms with Crippen LogP contribution < -0.4 is 10.6 Å². The number of hydrogen-bond acceptors (Lipinski definition) is 6. The maximum atomic E-state index is 13.2. The molecule has 2 N–H and O–H groups in total. The number of amides is 2. The Hall–Kier alpha value is -2.01. The van der Waals surface area contributed by atoms with Crippen molar-refractivity contribution in [3.05, 3.63) is 42.5 Å². The van der Waals surface area contributed by atoms with Crippen LogP contribution in [0.15, 0.2) is 57.2 Å². The normalized spacial score (nSPS) is 19.8. The van der Waals surface area contributed by atoms with Crippen molar-refractivity contribution in [3.63, 3.8) is 0 Å². The molecule has 1 atom stereocenters. The number of sulfonamides is 1. The molecule has 1 saturated heterocycles. The lowest BCUT2D eigenvalue weighted by atomic mass is 9.97. The number of carbonyl (C=O) groups is 2. The van der Waals surface area contributed by atoms with E-state index in [0.717, 1.165) is 15.5 Å². The summed E-state index contributed by atoms with van der Waals surface area (Å²) in [6.07, 6.45) is 2.90. The van der Waals surface area contributed by atoms with Crippen LogP contribution in [0.3, 0.4) is 0 Å². The van der Waals surface area contributed by atoms with E-state index in [1.165, 1.54) is 22.1 Å². The second-order valence-electron chi connectivity index (χ2n) is 7.81. The molecule has 1 unspecified atom stereocenters. The highest BCUT2D eigenvalue weighted by molar-refractivity contribution is 8.01. The largest absolute Gasteiger partial charge is 0.326 e. The molecule has 1 fully saturated rings. The number of thioether (sulfide) groups is 2. The van der Waals surface area contributed by atoms with Crippen LogP contribution in [-0.2, 0) is 19.6 Å². The lowest BCUT2D eigenvalue weighted by Crippen LogP contribution is -2.41. The zero-order valence-corrected chi connectivity index (χ0v) is 20.3. The van der Waals surface area contributed by atoms with Crippen LogP contribution in [0.25, 0.3) is 0 Å². The van der Waals surface area contributed by atoms with Crippen LogP contribution >= 0.6 is 23.5 Å². The first-order valence-corrected chi connectivity index (χ1v) is 13.9. The molecular formula is C22H25N3O4S3. The maximum Gasteiger partial charge on any atom is 0.243 e. The quantitative estimate of drug-likeness (QED) is 0.617. The van der Waals surface area contributed by atoms with Gasteiger partial charge >= 0.3 is 0 Å². The topological polar surface area (TPSA) is 95.6 Å². The lowest BCUT2D eigenvalue weighted by Gasteiger charge is -2.31. The van der Waals surface area contributed by atoms with Crippen molar-refractivity contribution in [3.8, 4) is 0 Å². The fourth-order valence-corrected chi connectivity index (χ4v) is 6.69. The molecule has 2 aliphatic heterocycles. The standard InChI is InChI=1S/C22H25N3O4S3/c1-14-21(26)24-19-13-18(6-7-20(19)31-14)32(28,29)25-10-8-15(9-11-25)22(27)23-16-4-3-5-17(12-16)30-2/h3-7,12-15H,8-11H2,1-2H3,(H,23,27)(H,24,26). The first kappa shape index (κ1) is 23.2. The van der Waals surface area contributed by atoms with Gasteiger partial charge in [-0.25, -0.2) is 8.42 Å². The van der Waals surface area contributed by atoms with Gasteiger partial charge in [0.1, 0.15) is 0 Å². The van der Waals surface area contributed by atoms with Gasteiger partial charge in [0.2, 0.25) is 21.8 Å². The molecule has 2 aromatic carbocycles. The molecular weight excluding hydrogens is 466 g/mol. The van der Waals surface area contributed by atoms with Crippen LogP contribution in [0.4, 0.5) is 11.4 Å². The molecule has 0 spiro atoms. The van der Waals surface area contributed by atoms with Crippen LogP contribution in [-0.4, -0.2) is 49.1 Å². The van der Waals surface area contributed by atoms with E-state index < -0.39 is 10.0 Å². The van der Waals surface area contributed by atoms with Gasteiger partial charge in [0.25, 0.3) is 0 Å². The zero-order chi connectivity index (χ0) is 22.9. The Morgan fingerprint density at radius 2 is 1.94 bits per heavy atom. The van der Waals surface area contributed by atoms with Gasteiger partial charge in [-0.1, -0.05) is 6.07 Å². The van der Waals surface area contributed by atoms with E-state index >= 15 is 0 Å². The van der Waals surface area contributed by atoms with Crippen molar-refractivity contribution in [2.45, 2.75) is 39.7 Å². The highest BCUT2D eigenvalue weighted by Crippen LogP contribution is 2.37. The summed E-state index contributed by atoms with van der Waals surface area (Å²) in [6, 6.07) is 12.5. The third kappa shape index (κ3) is 4.83. The van der Waals surface area contributed by atoms with Crippen molar-refractivity contribution < 1.29 is 18.0 Å². The van der Waals surface area contributed by atoms with E-state index in [-0.39, 0.29) is 41.0 Å². The summed E-state index contributed by atoms with van der Waals surface area (Å²) in [6.45, 7) is 2.37. The Bertz CT molecular complexity index is 1140. The summed E-state index contributed by atoms with van der Waals surface area (Å²) in [5, 5.41) is 5.52. The summed E-state index contributed by atoms with van der Waals surface area (Å²) in [4.78, 5) is 26.7. The second-order valence-corrected chi connectivity index (χ2v) is 12.0. The summed E-state index contributed by atoms with van der Waals surface area (Å²) in [7, 11) is -3.71. The average molecular weight is 492 g/mol. The molecule has 170 valence electrons. The van der Waals surface area contributed by atoms with Gasteiger partial charge in [0.05, 0.1) is 15.8 Å². The van der Waals surface area contributed by atoms with Crippen molar-refractivity contribution in [1.82, 2.24) is 4.31 Å². The summed E-state index contributed by atoms with van der Waals surface area (Å²) in [5.41, 5.74) is 1.28. The van der Waals surface area contributed by atoms with Gasteiger partial charge < -0.3 is 10.6 Å². The number of benzene rings is 2. The number of fused-ring (bicyclic) bond motifs is 1. The Labute approximate surface area is 196 Å². The molecule has 0 saturated carbocycles. The molecule has 0 aromatic heterocycles. The van der Waals surface area contributed by atoms with Crippen LogP contribution in [0, 0.1) is 5.92 Å². The summed E-state index contributed by atoms with van der Waals surface area (Å²) >= 11 is 3.02. The van der Waals surface area contributed by atoms with E-state index in [9.17, 15) is 18.0 Å². The van der Waals surface area contributed by atoms with Gasteiger partial charge in [-0.05, 0) is 62.4 Å². The maximum absolute atomic E-state index is 13.2. The molecule has 32 heavy (non-hydrogen) atoms. The average Bonchev–Trinajstić information content (AvgIpc) is 2.79. The monoisotopic (exact) mass is 491 g/mol. The second kappa shape index (κ2) is 9.46. The van der Waals surface area contributed by atoms with Gasteiger partial charge in [-0.2, -0.15) is 4.31 Å². The van der Waals surface area contributed by atoms with Crippen molar-refractivity contribution in [2.24, 2.45) is 5.92 Å². The predicted molar refractivity (Wildman–Crippen MR) is 129 cm³/mol. The Kier molecular flexibility index (Phi) is 6.85. The van der Waals surface area contributed by atoms with Crippen LogP contribution in [0.1, 0.15) is 19.8 Å². The van der Waals surface area contributed by atoms with Gasteiger partial charge in [0.15, 0.2) is 0 Å². The van der Waals surface area contributed by atoms with E-state index in [0.29, 0.717) is 18.5 Å². The Morgan fingerprint density at radius 1 is 1.19 bits per heavy atom. The molecule has 2 heterocycles. The first-order valence-electron chi connectivity index (χ1n) is 10.3. The number of hydrogen-bond donors (Lipinski definition) is 2. The summed E-state index contributed by atoms with van der Waals surface area (Å²) in [5.74, 6) is -0.449. The van der Waals surface area contributed by atoms with Crippen molar-refractivity contribution >= 4 is 56.7 Å². The third-order valence-corrected chi connectivity index (χ3v) is 9.48.